The lowest BCUT2D eigenvalue weighted by molar-refractivity contribution is -0.150. The SMILES string of the molecule is C[C@H](c1ccccc1)N1C(=O)O[C@](Cc2ccccc2)(C(=O)NC(C=O)c2ccccc2)C1=O. The molecule has 3 aromatic rings. The first kappa shape index (κ1) is 22.9. The molecule has 0 bridgehead atoms. The molecule has 7 nitrogen and oxygen atoms in total. The van der Waals surface area contributed by atoms with Gasteiger partial charge in [0.25, 0.3) is 17.4 Å². The molecule has 0 aliphatic carbocycles. The van der Waals surface area contributed by atoms with Gasteiger partial charge in [-0.1, -0.05) is 91.0 Å². The van der Waals surface area contributed by atoms with Gasteiger partial charge < -0.3 is 14.8 Å². The Balaban J connectivity index is 1.70. The molecule has 1 N–H and O–H groups in total. The smallest absolute Gasteiger partial charge is 0.418 e. The maximum absolute atomic E-state index is 13.7. The third-order valence-corrected chi connectivity index (χ3v) is 5.94. The van der Waals surface area contributed by atoms with Crippen molar-refractivity contribution in [3.63, 3.8) is 0 Å². The summed E-state index contributed by atoms with van der Waals surface area (Å²) in [5.41, 5.74) is -0.238. The summed E-state index contributed by atoms with van der Waals surface area (Å²) in [4.78, 5) is 53.1. The van der Waals surface area contributed by atoms with Crippen molar-refractivity contribution < 1.29 is 23.9 Å². The summed E-state index contributed by atoms with van der Waals surface area (Å²) in [7, 11) is 0. The highest BCUT2D eigenvalue weighted by Gasteiger charge is 2.60. The zero-order chi connectivity index (χ0) is 24.1. The fourth-order valence-electron chi connectivity index (χ4n) is 4.07. The molecule has 3 amide bonds. The minimum absolute atomic E-state index is 0.164. The van der Waals surface area contributed by atoms with E-state index in [-0.39, 0.29) is 6.42 Å². The van der Waals surface area contributed by atoms with Crippen LogP contribution in [0.2, 0.25) is 0 Å². The molecular weight excluding hydrogens is 432 g/mol. The Labute approximate surface area is 197 Å². The summed E-state index contributed by atoms with van der Waals surface area (Å²) in [6, 6.07) is 24.8. The molecule has 1 aliphatic heterocycles. The van der Waals surface area contributed by atoms with Crippen LogP contribution in [0.3, 0.4) is 0 Å². The number of cyclic esters (lactones) is 1. The normalized spacial score (nSPS) is 19.3. The third-order valence-electron chi connectivity index (χ3n) is 5.94. The zero-order valence-corrected chi connectivity index (χ0v) is 18.6. The van der Waals surface area contributed by atoms with Gasteiger partial charge in [0.05, 0.1) is 6.04 Å². The largest absolute Gasteiger partial charge is 0.422 e. The molecule has 0 spiro atoms. The molecule has 3 aromatic carbocycles. The number of amides is 3. The number of nitrogens with zero attached hydrogens (tertiary/aromatic N) is 1. The number of aldehydes is 1. The Hall–Kier alpha value is -4.26. The van der Waals surface area contributed by atoms with Crippen LogP contribution in [0, 0.1) is 0 Å². The third kappa shape index (κ3) is 4.32. The van der Waals surface area contributed by atoms with Gasteiger partial charge in [-0.3, -0.25) is 9.59 Å². The standard InChI is InChI=1S/C27H24N2O5/c1-19(21-13-7-3-8-14-21)29-25(32)27(34-26(29)33,17-20-11-5-2-6-12-20)24(31)28-23(18-30)22-15-9-4-10-16-22/h2-16,18-19,23H,17H2,1H3,(H,28,31)/t19-,23?,27-/m1/s1. The second-order valence-corrected chi connectivity index (χ2v) is 8.12. The van der Waals surface area contributed by atoms with Crippen LogP contribution in [0.1, 0.15) is 35.7 Å². The first-order chi connectivity index (χ1) is 16.5. The van der Waals surface area contributed by atoms with Crippen molar-refractivity contribution in [2.75, 3.05) is 0 Å². The van der Waals surface area contributed by atoms with Crippen LogP contribution in [0.25, 0.3) is 0 Å². The van der Waals surface area contributed by atoms with E-state index in [0.717, 1.165) is 10.5 Å². The molecular formula is C27H24N2O5. The van der Waals surface area contributed by atoms with Crippen molar-refractivity contribution in [2.45, 2.75) is 31.0 Å². The molecule has 1 fully saturated rings. The van der Waals surface area contributed by atoms with Crippen LogP contribution >= 0.6 is 0 Å². The van der Waals surface area contributed by atoms with Crippen molar-refractivity contribution in [1.82, 2.24) is 10.2 Å². The van der Waals surface area contributed by atoms with E-state index in [1.54, 1.807) is 91.9 Å². The highest BCUT2D eigenvalue weighted by molar-refractivity contribution is 6.17. The highest BCUT2D eigenvalue weighted by Crippen LogP contribution is 2.35. The maximum Gasteiger partial charge on any atom is 0.418 e. The van der Waals surface area contributed by atoms with Crippen LogP contribution in [-0.4, -0.2) is 34.7 Å². The predicted molar refractivity (Wildman–Crippen MR) is 124 cm³/mol. The lowest BCUT2D eigenvalue weighted by Gasteiger charge is -2.27. The van der Waals surface area contributed by atoms with E-state index in [2.05, 4.69) is 5.32 Å². The van der Waals surface area contributed by atoms with E-state index >= 15 is 0 Å². The fourth-order valence-corrected chi connectivity index (χ4v) is 4.07. The molecule has 0 saturated carbocycles. The zero-order valence-electron chi connectivity index (χ0n) is 18.6. The average Bonchev–Trinajstić information content (AvgIpc) is 3.13. The van der Waals surface area contributed by atoms with Crippen molar-refractivity contribution in [2.24, 2.45) is 0 Å². The number of imide groups is 1. The summed E-state index contributed by atoms with van der Waals surface area (Å²) in [5, 5.41) is 2.60. The highest BCUT2D eigenvalue weighted by atomic mass is 16.6. The summed E-state index contributed by atoms with van der Waals surface area (Å²) in [5.74, 6) is -1.62. The van der Waals surface area contributed by atoms with E-state index in [4.69, 9.17) is 4.74 Å². The topological polar surface area (TPSA) is 92.8 Å². The average molecular weight is 456 g/mol. The number of benzene rings is 3. The van der Waals surface area contributed by atoms with Gasteiger partial charge in [-0.05, 0) is 23.6 Å². The number of hydrogen-bond acceptors (Lipinski definition) is 5. The van der Waals surface area contributed by atoms with E-state index < -0.39 is 35.6 Å². The Morgan fingerprint density at radius 2 is 1.44 bits per heavy atom. The molecule has 172 valence electrons. The quantitative estimate of drug-likeness (QED) is 0.412. The number of hydrogen-bond donors (Lipinski definition) is 1. The molecule has 34 heavy (non-hydrogen) atoms. The Morgan fingerprint density at radius 3 is 2.00 bits per heavy atom. The van der Waals surface area contributed by atoms with Gasteiger partial charge >= 0.3 is 6.09 Å². The molecule has 3 atom stereocenters. The number of nitrogens with one attached hydrogen (secondary N) is 1. The first-order valence-corrected chi connectivity index (χ1v) is 10.9. The van der Waals surface area contributed by atoms with Crippen LogP contribution in [-0.2, 0) is 25.5 Å². The molecule has 4 rings (SSSR count). The predicted octanol–water partition coefficient (Wildman–Crippen LogP) is 3.76. The second kappa shape index (κ2) is 9.70. The molecule has 1 aliphatic rings. The Kier molecular flexibility index (Phi) is 6.54. The summed E-state index contributed by atoms with van der Waals surface area (Å²) < 4.78 is 5.57. The lowest BCUT2D eigenvalue weighted by atomic mass is 9.91. The number of rotatable bonds is 8. The molecule has 1 saturated heterocycles. The maximum atomic E-state index is 13.7. The molecule has 7 heteroatoms. The van der Waals surface area contributed by atoms with E-state index in [1.807, 2.05) is 6.07 Å². The number of carbonyl (C=O) groups is 4. The van der Waals surface area contributed by atoms with Crippen LogP contribution < -0.4 is 5.32 Å². The van der Waals surface area contributed by atoms with Crippen molar-refractivity contribution in [1.29, 1.82) is 0 Å². The summed E-state index contributed by atoms with van der Waals surface area (Å²) in [6.45, 7) is 1.70. The van der Waals surface area contributed by atoms with Crippen LogP contribution in [0.15, 0.2) is 91.0 Å². The van der Waals surface area contributed by atoms with Gasteiger partial charge in [-0.15, -0.1) is 0 Å². The van der Waals surface area contributed by atoms with E-state index in [1.165, 1.54) is 0 Å². The molecule has 1 unspecified atom stereocenters. The fraction of sp³-hybridized carbons (Fsp3) is 0.185. The summed E-state index contributed by atoms with van der Waals surface area (Å²) in [6.07, 6.45) is -0.493. The molecule has 0 radical (unpaired) electrons. The molecule has 1 heterocycles. The Bertz CT molecular complexity index is 1180. The van der Waals surface area contributed by atoms with Crippen molar-refractivity contribution in [3.05, 3.63) is 108 Å². The minimum atomic E-state index is -2.14. The van der Waals surface area contributed by atoms with Gasteiger partial charge in [0.15, 0.2) is 0 Å². The van der Waals surface area contributed by atoms with Gasteiger partial charge in [-0.25, -0.2) is 9.69 Å². The molecule has 0 aromatic heterocycles. The summed E-state index contributed by atoms with van der Waals surface area (Å²) >= 11 is 0. The lowest BCUT2D eigenvalue weighted by Crippen LogP contribution is -2.55. The van der Waals surface area contributed by atoms with Gasteiger partial charge in [-0.2, -0.15) is 0 Å². The van der Waals surface area contributed by atoms with Crippen molar-refractivity contribution in [3.8, 4) is 0 Å². The van der Waals surface area contributed by atoms with E-state index in [9.17, 15) is 19.2 Å². The van der Waals surface area contributed by atoms with Crippen LogP contribution in [0.4, 0.5) is 4.79 Å². The minimum Gasteiger partial charge on any atom is -0.422 e. The first-order valence-electron chi connectivity index (χ1n) is 10.9. The number of ether oxygens (including phenoxy) is 1. The Morgan fingerprint density at radius 1 is 0.912 bits per heavy atom. The van der Waals surface area contributed by atoms with Gasteiger partial charge in [0.1, 0.15) is 12.3 Å². The monoisotopic (exact) mass is 456 g/mol. The number of carbonyl (C=O) groups excluding carboxylic acids is 4. The van der Waals surface area contributed by atoms with Gasteiger partial charge in [0, 0.05) is 6.42 Å². The van der Waals surface area contributed by atoms with Gasteiger partial charge in [0.2, 0.25) is 0 Å². The van der Waals surface area contributed by atoms with Crippen molar-refractivity contribution >= 4 is 24.2 Å². The van der Waals surface area contributed by atoms with Crippen LogP contribution in [0.5, 0.6) is 0 Å². The van der Waals surface area contributed by atoms with E-state index in [0.29, 0.717) is 17.4 Å². The second-order valence-electron chi connectivity index (χ2n) is 8.12.